The number of anilines is 2. The van der Waals surface area contributed by atoms with Gasteiger partial charge in [-0.25, -0.2) is 4.90 Å². The van der Waals surface area contributed by atoms with Crippen LogP contribution in [0.1, 0.15) is 16.7 Å². The maximum Gasteiger partial charge on any atom is 0.323 e. The molecule has 2 heterocycles. The van der Waals surface area contributed by atoms with Gasteiger partial charge in [-0.15, -0.1) is 0 Å². The van der Waals surface area contributed by atoms with Crippen molar-refractivity contribution < 1.29 is 24.3 Å². The Morgan fingerprint density at radius 1 is 0.966 bits per heavy atom. The molecule has 0 aliphatic carbocycles. The predicted molar refractivity (Wildman–Crippen MR) is 110 cm³/mol. The summed E-state index contributed by atoms with van der Waals surface area (Å²) in [7, 11) is 0. The molecule has 0 unspecified atom stereocenters. The van der Waals surface area contributed by atoms with Crippen LogP contribution in [0, 0.1) is 13.8 Å². The van der Waals surface area contributed by atoms with Gasteiger partial charge in [0.15, 0.2) is 0 Å². The highest BCUT2D eigenvalue weighted by molar-refractivity contribution is 8.19. The van der Waals surface area contributed by atoms with Gasteiger partial charge >= 0.3 is 5.97 Å². The molecule has 4 rings (SSSR count). The minimum absolute atomic E-state index is 0.0150. The third-order valence-electron chi connectivity index (χ3n) is 5.03. The molecule has 0 saturated carbocycles. The van der Waals surface area contributed by atoms with E-state index in [0.29, 0.717) is 28.7 Å². The number of carbonyl (C=O) groups is 4. The molecule has 29 heavy (non-hydrogen) atoms. The number of hydrogen-bond donors (Lipinski definition) is 1. The van der Waals surface area contributed by atoms with Crippen LogP contribution in [0.2, 0.25) is 0 Å². The van der Waals surface area contributed by atoms with E-state index in [1.165, 1.54) is 0 Å². The minimum Gasteiger partial charge on any atom is -0.480 e. The summed E-state index contributed by atoms with van der Waals surface area (Å²) in [6.45, 7) is 3.18. The molecular weight excluding hydrogens is 392 g/mol. The van der Waals surface area contributed by atoms with Crippen molar-refractivity contribution in [2.45, 2.75) is 13.8 Å². The van der Waals surface area contributed by atoms with Gasteiger partial charge in [0.2, 0.25) is 0 Å². The van der Waals surface area contributed by atoms with Gasteiger partial charge < -0.3 is 5.11 Å². The summed E-state index contributed by atoms with van der Waals surface area (Å²) in [5.41, 5.74) is 3.14. The van der Waals surface area contributed by atoms with Crippen LogP contribution >= 0.6 is 11.8 Å². The van der Waals surface area contributed by atoms with E-state index in [0.717, 1.165) is 20.9 Å². The van der Waals surface area contributed by atoms with E-state index in [9.17, 15) is 19.2 Å². The number of carbonyl (C=O) groups excluding carboxylic acids is 3. The van der Waals surface area contributed by atoms with Gasteiger partial charge in [-0.05, 0) is 48.9 Å². The van der Waals surface area contributed by atoms with Gasteiger partial charge in [0, 0.05) is 5.56 Å². The third kappa shape index (κ3) is 2.92. The van der Waals surface area contributed by atoms with Crippen molar-refractivity contribution in [3.05, 3.63) is 64.1 Å². The Morgan fingerprint density at radius 2 is 1.66 bits per heavy atom. The van der Waals surface area contributed by atoms with Gasteiger partial charge in [0.05, 0.1) is 21.9 Å². The topological polar surface area (TPSA) is 95.0 Å². The summed E-state index contributed by atoms with van der Waals surface area (Å²) in [6, 6.07) is 12.0. The lowest BCUT2D eigenvalue weighted by molar-refractivity contribution is -0.136. The Morgan fingerprint density at radius 3 is 2.38 bits per heavy atom. The number of rotatable bonds is 3. The van der Waals surface area contributed by atoms with Crippen LogP contribution in [-0.4, -0.2) is 34.7 Å². The fourth-order valence-corrected chi connectivity index (χ4v) is 4.42. The van der Waals surface area contributed by atoms with Crippen LogP contribution in [0.3, 0.4) is 0 Å². The molecule has 2 aromatic carbocycles. The molecule has 0 bridgehead atoms. The van der Waals surface area contributed by atoms with Crippen molar-refractivity contribution in [3.63, 3.8) is 0 Å². The highest BCUT2D eigenvalue weighted by atomic mass is 32.2. The molecular formula is C21H16N2O5S. The summed E-state index contributed by atoms with van der Waals surface area (Å²) in [6.07, 6.45) is 0. The molecule has 7 nitrogen and oxygen atoms in total. The number of carboxylic acid groups (broad SMARTS) is 1. The molecule has 3 amide bonds. The second-order valence-electron chi connectivity index (χ2n) is 6.73. The number of nitrogens with zero attached hydrogens (tertiary/aromatic N) is 2. The summed E-state index contributed by atoms with van der Waals surface area (Å²) in [4.78, 5) is 52.3. The first-order chi connectivity index (χ1) is 13.8. The summed E-state index contributed by atoms with van der Waals surface area (Å²) in [5, 5.41) is 8.67. The largest absolute Gasteiger partial charge is 0.480 e. The Kier molecular flexibility index (Phi) is 4.50. The molecule has 146 valence electrons. The number of aliphatic carboxylic acids is 1. The number of hydrogen-bond acceptors (Lipinski definition) is 5. The van der Waals surface area contributed by atoms with E-state index in [4.69, 9.17) is 5.11 Å². The van der Waals surface area contributed by atoms with Gasteiger partial charge in [-0.3, -0.25) is 24.1 Å². The predicted octanol–water partition coefficient (Wildman–Crippen LogP) is 3.35. The fraction of sp³-hybridized carbons (Fsp3) is 0.143. The maximum atomic E-state index is 13.2. The fourth-order valence-electron chi connectivity index (χ4n) is 3.50. The van der Waals surface area contributed by atoms with Gasteiger partial charge in [0.25, 0.3) is 17.1 Å². The second kappa shape index (κ2) is 6.89. The average molecular weight is 408 g/mol. The standard InChI is InChI=1S/C21H16N2O5S/c1-11-6-5-9-14(12(11)2)23-20(27)18(29-21(23)28)17-13-7-3-4-8-15(13)22(19(17)26)10-16(24)25/h3-9H,10H2,1-2H3,(H,24,25)/b18-17-. The van der Waals surface area contributed by atoms with Crippen LogP contribution in [-0.2, 0) is 14.4 Å². The molecule has 1 saturated heterocycles. The second-order valence-corrected chi connectivity index (χ2v) is 7.70. The minimum atomic E-state index is -1.17. The van der Waals surface area contributed by atoms with E-state index in [2.05, 4.69) is 0 Å². The summed E-state index contributed by atoms with van der Waals surface area (Å²) >= 11 is 0.699. The zero-order valence-corrected chi connectivity index (χ0v) is 16.4. The van der Waals surface area contributed by atoms with Crippen LogP contribution in [0.5, 0.6) is 0 Å². The SMILES string of the molecule is Cc1cccc(N2C(=O)S/C(=C3\C(=O)N(CC(=O)O)c4ccccc43)C2=O)c1C. The molecule has 0 radical (unpaired) electrons. The molecule has 1 fully saturated rings. The van der Waals surface area contributed by atoms with Crippen molar-refractivity contribution >= 4 is 51.7 Å². The number of para-hydroxylation sites is 1. The lowest BCUT2D eigenvalue weighted by Crippen LogP contribution is -2.33. The normalized spacial score (nSPS) is 18.6. The van der Waals surface area contributed by atoms with Crippen LogP contribution < -0.4 is 9.80 Å². The van der Waals surface area contributed by atoms with Gasteiger partial charge in [-0.1, -0.05) is 30.3 Å². The highest BCUT2D eigenvalue weighted by Gasteiger charge is 2.44. The number of fused-ring (bicyclic) bond motifs is 1. The van der Waals surface area contributed by atoms with Crippen LogP contribution in [0.15, 0.2) is 47.4 Å². The number of carboxylic acids is 1. The monoisotopic (exact) mass is 408 g/mol. The molecule has 2 aromatic rings. The Balaban J connectivity index is 1.85. The number of thioether (sulfide) groups is 1. The van der Waals surface area contributed by atoms with Gasteiger partial charge in [-0.2, -0.15) is 0 Å². The first kappa shape index (κ1) is 18.9. The van der Waals surface area contributed by atoms with Crippen molar-refractivity contribution in [2.24, 2.45) is 0 Å². The van der Waals surface area contributed by atoms with E-state index < -0.39 is 29.6 Å². The van der Waals surface area contributed by atoms with E-state index in [1.807, 2.05) is 19.9 Å². The average Bonchev–Trinajstić information content (AvgIpc) is 3.11. The zero-order valence-electron chi connectivity index (χ0n) is 15.6. The maximum absolute atomic E-state index is 13.2. The number of benzene rings is 2. The number of amides is 3. The molecule has 1 N–H and O–H groups in total. The summed E-state index contributed by atoms with van der Waals surface area (Å²) in [5.74, 6) is -2.35. The van der Waals surface area contributed by atoms with E-state index >= 15 is 0 Å². The Hall–Kier alpha value is -3.39. The van der Waals surface area contributed by atoms with Crippen molar-refractivity contribution in [2.75, 3.05) is 16.3 Å². The first-order valence-electron chi connectivity index (χ1n) is 8.81. The molecule has 0 spiro atoms. The highest BCUT2D eigenvalue weighted by Crippen LogP contribution is 2.45. The number of aryl methyl sites for hydroxylation is 1. The van der Waals surface area contributed by atoms with Crippen molar-refractivity contribution in [1.29, 1.82) is 0 Å². The van der Waals surface area contributed by atoms with Crippen LogP contribution in [0.4, 0.5) is 16.2 Å². The Bertz CT molecular complexity index is 1140. The molecule has 8 heteroatoms. The van der Waals surface area contributed by atoms with E-state index in [1.54, 1.807) is 36.4 Å². The van der Waals surface area contributed by atoms with Crippen LogP contribution in [0.25, 0.3) is 5.57 Å². The first-order valence-corrected chi connectivity index (χ1v) is 9.62. The van der Waals surface area contributed by atoms with E-state index in [-0.39, 0.29) is 10.5 Å². The lowest BCUT2D eigenvalue weighted by Gasteiger charge is -2.16. The Labute approximate surface area is 170 Å². The number of imide groups is 1. The molecule has 0 aromatic heterocycles. The van der Waals surface area contributed by atoms with Gasteiger partial charge in [0.1, 0.15) is 6.54 Å². The third-order valence-corrected chi connectivity index (χ3v) is 5.97. The van der Waals surface area contributed by atoms with Crippen molar-refractivity contribution in [3.8, 4) is 0 Å². The molecule has 2 aliphatic heterocycles. The molecule has 2 aliphatic rings. The quantitative estimate of drug-likeness (QED) is 0.783. The zero-order chi connectivity index (χ0) is 20.9. The molecule has 0 atom stereocenters. The summed E-state index contributed by atoms with van der Waals surface area (Å²) < 4.78 is 0. The van der Waals surface area contributed by atoms with Crippen molar-refractivity contribution in [1.82, 2.24) is 0 Å². The smallest absolute Gasteiger partial charge is 0.323 e. The lowest BCUT2D eigenvalue weighted by atomic mass is 10.1.